The van der Waals surface area contributed by atoms with Gasteiger partial charge in [-0.1, -0.05) is 24.3 Å². The Balaban J connectivity index is 1.90. The zero-order valence-electron chi connectivity index (χ0n) is 14.4. The number of likely N-dealkylation sites (N-methyl/N-ethyl adjacent to an activating group) is 1. The van der Waals surface area contributed by atoms with Gasteiger partial charge in [0.25, 0.3) is 5.91 Å². The fourth-order valence-electron chi connectivity index (χ4n) is 3.61. The second kappa shape index (κ2) is 6.13. The van der Waals surface area contributed by atoms with Crippen LogP contribution in [0.15, 0.2) is 24.3 Å². The number of carbonyl (C=O) groups excluding carboxylic acids is 1. The Morgan fingerprint density at radius 3 is 2.50 bits per heavy atom. The van der Waals surface area contributed by atoms with E-state index in [1.807, 2.05) is 24.3 Å². The first-order valence-corrected chi connectivity index (χ1v) is 9.88. The van der Waals surface area contributed by atoms with Gasteiger partial charge in [0, 0.05) is 27.2 Å². The maximum atomic E-state index is 12.5. The standard InChI is InChI=1S/C17H24N2O4S/c1-4-24(21,22)19-11-9-17(10-12-19)14-8-6-5-7-13(14)15(23-17)16(20)18(2)3/h5-8,15H,4,9-12H2,1-3H3. The molecule has 0 radical (unpaired) electrons. The fraction of sp³-hybridized carbons (Fsp3) is 0.588. The molecule has 132 valence electrons. The molecule has 0 aromatic heterocycles. The first kappa shape index (κ1) is 17.4. The second-order valence-corrected chi connectivity index (χ2v) is 8.87. The van der Waals surface area contributed by atoms with Gasteiger partial charge in [0.15, 0.2) is 6.10 Å². The Labute approximate surface area is 143 Å². The van der Waals surface area contributed by atoms with Crippen LogP contribution >= 0.6 is 0 Å². The fourth-order valence-corrected chi connectivity index (χ4v) is 4.71. The number of fused-ring (bicyclic) bond motifs is 2. The van der Waals surface area contributed by atoms with Gasteiger partial charge in [-0.2, -0.15) is 0 Å². The lowest BCUT2D eigenvalue weighted by molar-refractivity contribution is -0.156. The van der Waals surface area contributed by atoms with E-state index in [-0.39, 0.29) is 11.7 Å². The van der Waals surface area contributed by atoms with Crippen LogP contribution in [0.1, 0.15) is 37.0 Å². The molecule has 7 heteroatoms. The molecule has 0 aliphatic carbocycles. The predicted octanol–water partition coefficient (Wildman–Crippen LogP) is 1.49. The number of nitrogens with zero attached hydrogens (tertiary/aromatic N) is 2. The van der Waals surface area contributed by atoms with Crippen LogP contribution < -0.4 is 0 Å². The average Bonchev–Trinajstić information content (AvgIpc) is 2.89. The van der Waals surface area contributed by atoms with Crippen LogP contribution in [0.25, 0.3) is 0 Å². The first-order valence-electron chi connectivity index (χ1n) is 8.27. The number of hydrogen-bond acceptors (Lipinski definition) is 4. The van der Waals surface area contributed by atoms with Crippen molar-refractivity contribution in [2.75, 3.05) is 32.9 Å². The lowest BCUT2D eigenvalue weighted by atomic mass is 9.84. The molecule has 1 spiro atoms. The van der Waals surface area contributed by atoms with Crippen LogP contribution in [-0.4, -0.2) is 56.5 Å². The zero-order valence-corrected chi connectivity index (χ0v) is 15.2. The van der Waals surface area contributed by atoms with Gasteiger partial charge in [-0.15, -0.1) is 0 Å². The van der Waals surface area contributed by atoms with Crippen LogP contribution in [0.3, 0.4) is 0 Å². The highest BCUT2D eigenvalue weighted by Gasteiger charge is 2.49. The van der Waals surface area contributed by atoms with Gasteiger partial charge in [-0.25, -0.2) is 12.7 Å². The molecule has 1 unspecified atom stereocenters. The van der Waals surface area contributed by atoms with Crippen molar-refractivity contribution in [1.29, 1.82) is 0 Å². The number of carbonyl (C=O) groups is 1. The highest BCUT2D eigenvalue weighted by atomic mass is 32.2. The van der Waals surface area contributed by atoms with Gasteiger partial charge in [0.2, 0.25) is 10.0 Å². The van der Waals surface area contributed by atoms with Crippen molar-refractivity contribution in [3.8, 4) is 0 Å². The van der Waals surface area contributed by atoms with Crippen molar-refractivity contribution in [2.45, 2.75) is 31.5 Å². The molecular weight excluding hydrogens is 328 g/mol. The first-order chi connectivity index (χ1) is 11.3. The SMILES string of the molecule is CCS(=O)(=O)N1CCC2(CC1)OC(C(=O)N(C)C)c1ccccc12. The molecule has 1 atom stereocenters. The Hall–Kier alpha value is -1.44. The van der Waals surface area contributed by atoms with Gasteiger partial charge in [0.05, 0.1) is 11.4 Å². The minimum Gasteiger partial charge on any atom is -0.352 e. The van der Waals surface area contributed by atoms with Gasteiger partial charge in [-0.3, -0.25) is 4.79 Å². The second-order valence-electron chi connectivity index (χ2n) is 6.61. The lowest BCUT2D eigenvalue weighted by Gasteiger charge is -2.39. The zero-order chi connectivity index (χ0) is 17.5. The summed E-state index contributed by atoms with van der Waals surface area (Å²) in [5, 5.41) is 0. The number of rotatable bonds is 3. The van der Waals surface area contributed by atoms with Crippen LogP contribution in [0.2, 0.25) is 0 Å². The molecule has 0 bridgehead atoms. The Kier molecular flexibility index (Phi) is 4.44. The molecule has 1 aromatic rings. The largest absolute Gasteiger partial charge is 0.352 e. The monoisotopic (exact) mass is 352 g/mol. The average molecular weight is 352 g/mol. The van der Waals surface area contributed by atoms with E-state index in [0.29, 0.717) is 25.9 Å². The number of hydrogen-bond donors (Lipinski definition) is 0. The van der Waals surface area contributed by atoms with Crippen molar-refractivity contribution >= 4 is 15.9 Å². The Morgan fingerprint density at radius 2 is 1.92 bits per heavy atom. The summed E-state index contributed by atoms with van der Waals surface area (Å²) in [4.78, 5) is 14.0. The molecule has 2 aliphatic rings. The maximum absolute atomic E-state index is 12.5. The summed E-state index contributed by atoms with van der Waals surface area (Å²) in [6.07, 6.45) is 0.534. The molecule has 3 rings (SSSR count). The normalized spacial score (nSPS) is 23.2. The van der Waals surface area contributed by atoms with Crippen LogP contribution in [-0.2, 0) is 25.2 Å². The number of sulfonamides is 1. The van der Waals surface area contributed by atoms with E-state index in [4.69, 9.17) is 4.74 Å². The van der Waals surface area contributed by atoms with Gasteiger partial charge in [0.1, 0.15) is 0 Å². The smallest absolute Gasteiger partial charge is 0.255 e. The number of benzene rings is 1. The number of piperidine rings is 1. The molecular formula is C17H24N2O4S. The van der Waals surface area contributed by atoms with Crippen molar-refractivity contribution in [1.82, 2.24) is 9.21 Å². The summed E-state index contributed by atoms with van der Waals surface area (Å²) >= 11 is 0. The third-order valence-electron chi connectivity index (χ3n) is 5.03. The highest BCUT2D eigenvalue weighted by Crippen LogP contribution is 2.49. The third kappa shape index (κ3) is 2.74. The molecule has 2 aliphatic heterocycles. The van der Waals surface area contributed by atoms with E-state index in [1.54, 1.807) is 21.0 Å². The molecule has 0 N–H and O–H groups in total. The molecule has 1 fully saturated rings. The van der Waals surface area contributed by atoms with E-state index < -0.39 is 21.7 Å². The molecule has 1 aromatic carbocycles. The van der Waals surface area contributed by atoms with Crippen molar-refractivity contribution in [2.24, 2.45) is 0 Å². The van der Waals surface area contributed by atoms with Gasteiger partial charge < -0.3 is 9.64 Å². The molecule has 1 amide bonds. The summed E-state index contributed by atoms with van der Waals surface area (Å²) in [5.41, 5.74) is 1.37. The summed E-state index contributed by atoms with van der Waals surface area (Å²) < 4.78 is 32.0. The Morgan fingerprint density at radius 1 is 1.29 bits per heavy atom. The van der Waals surface area contributed by atoms with E-state index in [9.17, 15) is 13.2 Å². The van der Waals surface area contributed by atoms with E-state index in [0.717, 1.165) is 11.1 Å². The minimum absolute atomic E-state index is 0.0806. The predicted molar refractivity (Wildman–Crippen MR) is 90.9 cm³/mol. The molecule has 24 heavy (non-hydrogen) atoms. The van der Waals surface area contributed by atoms with Crippen LogP contribution in [0.4, 0.5) is 0 Å². The lowest BCUT2D eigenvalue weighted by Crippen LogP contribution is -2.46. The summed E-state index contributed by atoms with van der Waals surface area (Å²) in [7, 11) is 0.250. The molecule has 0 saturated carbocycles. The van der Waals surface area contributed by atoms with Gasteiger partial charge in [-0.05, 0) is 30.9 Å². The summed E-state index contributed by atoms with van der Waals surface area (Å²) in [6.45, 7) is 2.51. The minimum atomic E-state index is -3.19. The third-order valence-corrected chi connectivity index (χ3v) is 6.91. The molecule has 6 nitrogen and oxygen atoms in total. The molecule has 2 heterocycles. The van der Waals surface area contributed by atoms with Crippen molar-refractivity contribution in [3.63, 3.8) is 0 Å². The van der Waals surface area contributed by atoms with Crippen molar-refractivity contribution < 1.29 is 17.9 Å². The van der Waals surface area contributed by atoms with Crippen LogP contribution in [0.5, 0.6) is 0 Å². The van der Waals surface area contributed by atoms with E-state index >= 15 is 0 Å². The highest BCUT2D eigenvalue weighted by molar-refractivity contribution is 7.89. The van der Waals surface area contributed by atoms with Crippen LogP contribution in [0, 0.1) is 0 Å². The number of ether oxygens (including phenoxy) is 1. The Bertz CT molecular complexity index is 737. The summed E-state index contributed by atoms with van der Waals surface area (Å²) in [6, 6.07) is 7.79. The topological polar surface area (TPSA) is 66.9 Å². The van der Waals surface area contributed by atoms with E-state index in [1.165, 1.54) is 9.21 Å². The van der Waals surface area contributed by atoms with Gasteiger partial charge >= 0.3 is 0 Å². The number of amides is 1. The van der Waals surface area contributed by atoms with E-state index in [2.05, 4.69) is 0 Å². The molecule has 1 saturated heterocycles. The summed E-state index contributed by atoms with van der Waals surface area (Å²) in [5.74, 6) is 0.0297. The maximum Gasteiger partial charge on any atom is 0.255 e. The van der Waals surface area contributed by atoms with Crippen molar-refractivity contribution in [3.05, 3.63) is 35.4 Å². The quantitative estimate of drug-likeness (QED) is 0.827.